The Labute approximate surface area is 111 Å². The van der Waals surface area contributed by atoms with E-state index in [0.717, 1.165) is 0 Å². The Balaban J connectivity index is 5.15. The predicted octanol–water partition coefficient (Wildman–Crippen LogP) is -0.669. The van der Waals surface area contributed by atoms with E-state index in [4.69, 9.17) is 0 Å². The molecule has 0 bridgehead atoms. The fourth-order valence-corrected chi connectivity index (χ4v) is 0.835. The first kappa shape index (κ1) is 18.4. The van der Waals surface area contributed by atoms with Crippen molar-refractivity contribution in [3.8, 4) is 0 Å². The summed E-state index contributed by atoms with van der Waals surface area (Å²) in [4.78, 5) is 34.2. The molecule has 0 rings (SSSR count). The maximum absolute atomic E-state index is 12.4. The minimum atomic E-state index is -3.88. The Bertz CT molecular complexity index is 389. The van der Waals surface area contributed by atoms with Crippen molar-refractivity contribution in [3.63, 3.8) is 0 Å². The van der Waals surface area contributed by atoms with Crippen LogP contribution in [0.25, 0.3) is 0 Å². The van der Waals surface area contributed by atoms with Crippen LogP contribution in [0.1, 0.15) is 0 Å². The normalized spacial score (nSPS) is 11.9. The van der Waals surface area contributed by atoms with Gasteiger partial charge in [-0.05, 0) is 0 Å². The zero-order valence-corrected chi connectivity index (χ0v) is 9.75. The number of nitrogens with zero attached hydrogens (tertiary/aromatic N) is 4. The van der Waals surface area contributed by atoms with Gasteiger partial charge in [-0.2, -0.15) is 0 Å². The summed E-state index contributed by atoms with van der Waals surface area (Å²) in [6.45, 7) is -6.47. The van der Waals surface area contributed by atoms with E-state index in [1.54, 1.807) is 0 Å². The van der Waals surface area contributed by atoms with Gasteiger partial charge in [-0.1, -0.05) is 0 Å². The monoisotopic (exact) mass is 320 g/mol. The number of nitro groups is 4. The molecule has 0 aliphatic heterocycles. The van der Waals surface area contributed by atoms with E-state index in [9.17, 15) is 49.2 Å². The molecule has 0 aromatic rings. The molecule has 0 saturated heterocycles. The van der Waals surface area contributed by atoms with Gasteiger partial charge in [0.1, 0.15) is 19.7 Å². The zero-order chi connectivity index (χ0) is 16.8. The molecule has 0 radical (unpaired) electrons. The van der Waals surface area contributed by atoms with Gasteiger partial charge in [-0.25, -0.2) is 18.3 Å². The maximum atomic E-state index is 12.4. The molecule has 0 aromatic heterocycles. The van der Waals surface area contributed by atoms with Crippen LogP contribution in [-0.2, 0) is 9.47 Å². The average Bonchev–Trinajstić information content (AvgIpc) is 2.37. The predicted molar refractivity (Wildman–Crippen MR) is 52.4 cm³/mol. The Morgan fingerprint density at radius 1 is 0.714 bits per heavy atom. The van der Waals surface area contributed by atoms with Crippen LogP contribution in [0.2, 0.25) is 0 Å². The molecule has 0 heterocycles. The number of rotatable bonds is 10. The van der Waals surface area contributed by atoms with E-state index in [1.165, 1.54) is 0 Å². The third-order valence-electron chi connectivity index (χ3n) is 2.07. The first-order valence-corrected chi connectivity index (χ1v) is 4.58. The Morgan fingerprint density at radius 2 is 0.952 bits per heavy atom. The third-order valence-corrected chi connectivity index (χ3v) is 2.07. The highest BCUT2D eigenvalue weighted by molar-refractivity contribution is 4.53. The van der Waals surface area contributed by atoms with Gasteiger partial charge < -0.3 is 0 Å². The number of halogens is 2. The molecule has 0 amide bonds. The SMILES string of the molecule is O=[N+]([O-])C(CF)(OCOC(CF)([N+](=O)[O-])[N+](=O)[O-])[N+](=O)[O-]. The summed E-state index contributed by atoms with van der Waals surface area (Å²) >= 11 is 0. The highest BCUT2D eigenvalue weighted by atomic mass is 19.1. The van der Waals surface area contributed by atoms with E-state index >= 15 is 0 Å². The lowest BCUT2D eigenvalue weighted by molar-refractivity contribution is -0.870. The van der Waals surface area contributed by atoms with Gasteiger partial charge in [-0.3, -0.25) is 40.5 Å². The Morgan fingerprint density at radius 3 is 1.10 bits per heavy atom. The van der Waals surface area contributed by atoms with Gasteiger partial charge in [-0.15, -0.1) is 0 Å². The summed E-state index contributed by atoms with van der Waals surface area (Å²) in [6, 6.07) is 0. The Kier molecular flexibility index (Phi) is 5.86. The molecule has 120 valence electrons. The molecule has 14 nitrogen and oxygen atoms in total. The fraction of sp³-hybridized carbons (Fsp3) is 1.00. The molecule has 0 aromatic carbocycles. The lowest BCUT2D eigenvalue weighted by Gasteiger charge is -2.16. The summed E-state index contributed by atoms with van der Waals surface area (Å²) < 4.78 is 32.4. The number of hydrogen-bond acceptors (Lipinski definition) is 10. The quantitative estimate of drug-likeness (QED) is 0.283. The van der Waals surface area contributed by atoms with E-state index < -0.39 is 51.5 Å². The minimum absolute atomic E-state index is 1.83. The topological polar surface area (TPSA) is 191 Å². The molecule has 0 aliphatic rings. The second-order valence-electron chi connectivity index (χ2n) is 3.19. The number of hydrogen-bond donors (Lipinski definition) is 0. The van der Waals surface area contributed by atoms with E-state index in [1.807, 2.05) is 0 Å². The smallest absolute Gasteiger partial charge is 0.256 e. The first-order valence-electron chi connectivity index (χ1n) is 4.58. The molecule has 0 fully saturated rings. The lowest BCUT2D eigenvalue weighted by Crippen LogP contribution is -2.55. The summed E-state index contributed by atoms with van der Waals surface area (Å²) in [5.74, 6) is -7.76. The fourth-order valence-electron chi connectivity index (χ4n) is 0.835. The van der Waals surface area contributed by atoms with Crippen molar-refractivity contribution < 1.29 is 37.9 Å². The number of alkyl halides is 2. The number of ether oxygens (including phenoxy) is 2. The van der Waals surface area contributed by atoms with Crippen LogP contribution in [0.5, 0.6) is 0 Å². The van der Waals surface area contributed by atoms with E-state index in [-0.39, 0.29) is 0 Å². The second kappa shape index (κ2) is 6.70. The molecule has 16 heteroatoms. The largest absolute Gasteiger partial charge is 0.609 e. The summed E-state index contributed by atoms with van der Waals surface area (Å²) in [5.41, 5.74) is 0. The maximum Gasteiger partial charge on any atom is 0.609 e. The van der Waals surface area contributed by atoms with Crippen LogP contribution in [0.15, 0.2) is 0 Å². The average molecular weight is 320 g/mol. The van der Waals surface area contributed by atoms with Crippen LogP contribution in [0.3, 0.4) is 0 Å². The van der Waals surface area contributed by atoms with Crippen molar-refractivity contribution in [1.82, 2.24) is 0 Å². The van der Waals surface area contributed by atoms with Crippen molar-refractivity contribution in [2.24, 2.45) is 0 Å². The van der Waals surface area contributed by atoms with Gasteiger partial charge in [0.15, 0.2) is 6.79 Å². The Hall–Kier alpha value is -2.62. The third kappa shape index (κ3) is 3.28. The molecule has 0 unspecified atom stereocenters. The molecular weight excluding hydrogens is 314 g/mol. The molecule has 0 spiro atoms. The van der Waals surface area contributed by atoms with Crippen LogP contribution in [-0.4, -0.2) is 51.5 Å². The first-order chi connectivity index (χ1) is 9.60. The molecule has 0 N–H and O–H groups in total. The van der Waals surface area contributed by atoms with Gasteiger partial charge in [0, 0.05) is 0 Å². The highest BCUT2D eigenvalue weighted by Gasteiger charge is 2.63. The second-order valence-corrected chi connectivity index (χ2v) is 3.19. The lowest BCUT2D eigenvalue weighted by atomic mass is 10.5. The van der Waals surface area contributed by atoms with Gasteiger partial charge in [0.2, 0.25) is 0 Å². The van der Waals surface area contributed by atoms with Crippen molar-refractivity contribution in [1.29, 1.82) is 0 Å². The van der Waals surface area contributed by atoms with Crippen molar-refractivity contribution in [3.05, 3.63) is 40.5 Å². The van der Waals surface area contributed by atoms with Gasteiger partial charge in [0.25, 0.3) is 13.3 Å². The van der Waals surface area contributed by atoms with Crippen LogP contribution in [0, 0.1) is 40.5 Å². The molecular formula is C5H6F2N4O10. The summed E-state index contributed by atoms with van der Waals surface area (Å²) in [5, 5.41) is 41.6. The zero-order valence-electron chi connectivity index (χ0n) is 9.75. The van der Waals surface area contributed by atoms with Crippen LogP contribution >= 0.6 is 0 Å². The van der Waals surface area contributed by atoms with Crippen molar-refractivity contribution >= 4 is 0 Å². The van der Waals surface area contributed by atoms with E-state index in [0.29, 0.717) is 0 Å². The van der Waals surface area contributed by atoms with Crippen molar-refractivity contribution in [2.75, 3.05) is 20.1 Å². The molecule has 0 aliphatic carbocycles. The summed E-state index contributed by atoms with van der Waals surface area (Å²) in [6.07, 6.45) is 0. The standard InChI is InChI=1S/C5H6F2N4O10/c6-1-4(8(12)13,9(14)15)20-3-21-5(2-7,10(16)17)11(18)19/h1-3H2. The molecule has 0 saturated carbocycles. The van der Waals surface area contributed by atoms with Gasteiger partial charge >= 0.3 is 11.7 Å². The minimum Gasteiger partial charge on any atom is -0.256 e. The summed E-state index contributed by atoms with van der Waals surface area (Å²) in [7, 11) is 0. The molecule has 21 heavy (non-hydrogen) atoms. The van der Waals surface area contributed by atoms with E-state index in [2.05, 4.69) is 9.47 Å². The van der Waals surface area contributed by atoms with Crippen LogP contribution < -0.4 is 0 Å². The highest BCUT2D eigenvalue weighted by Crippen LogP contribution is 2.18. The van der Waals surface area contributed by atoms with Gasteiger partial charge in [0.05, 0.1) is 0 Å². The van der Waals surface area contributed by atoms with Crippen LogP contribution in [0.4, 0.5) is 8.78 Å². The molecule has 0 atom stereocenters. The van der Waals surface area contributed by atoms with Crippen molar-refractivity contribution in [2.45, 2.75) is 11.7 Å².